The predicted molar refractivity (Wildman–Crippen MR) is 46.7 cm³/mol. The van der Waals surface area contributed by atoms with Gasteiger partial charge in [0.15, 0.2) is 0 Å². The monoisotopic (exact) mass is 240 g/mol. The Hall–Kier alpha value is -2.99. The van der Waals surface area contributed by atoms with Crippen molar-refractivity contribution in [2.24, 2.45) is 0 Å². The third-order valence-corrected chi connectivity index (χ3v) is 0. The SMILES string of the molecule is C#N.C#N.C#N.C#N.C#N.C#N.C#N.[V]. The second-order valence-corrected chi connectivity index (χ2v) is 0. The maximum Gasteiger partial charge on any atom is 0.0462 e. The fraction of sp³-hybridized carbons (Fsp3) is 0. The quantitative estimate of drug-likeness (QED) is 0.607. The van der Waals surface area contributed by atoms with E-state index in [1.54, 1.807) is 0 Å². The van der Waals surface area contributed by atoms with Crippen molar-refractivity contribution >= 4 is 0 Å². The summed E-state index contributed by atoms with van der Waals surface area (Å²) < 4.78 is 0. The second-order valence-electron chi connectivity index (χ2n) is 0. The average Bonchev–Trinajstić information content (AvgIpc) is 2.45. The van der Waals surface area contributed by atoms with Crippen LogP contribution in [0.4, 0.5) is 0 Å². The largest absolute Gasteiger partial charge is 0.202 e. The normalized spacial score (nSPS) is 0.933. The van der Waals surface area contributed by atoms with Crippen molar-refractivity contribution in [3.05, 3.63) is 0 Å². The van der Waals surface area contributed by atoms with E-state index < -0.39 is 0 Å². The van der Waals surface area contributed by atoms with Gasteiger partial charge in [-0.05, 0) is 0 Å². The van der Waals surface area contributed by atoms with Crippen molar-refractivity contribution in [3.63, 3.8) is 0 Å². The topological polar surface area (TPSA) is 167 Å². The minimum atomic E-state index is 0. The number of hydrogen-bond donors (Lipinski definition) is 0. The molecule has 0 aromatic heterocycles. The maximum atomic E-state index is 6.50. The van der Waals surface area contributed by atoms with Crippen LogP contribution >= 0.6 is 0 Å². The van der Waals surface area contributed by atoms with Crippen LogP contribution < -0.4 is 0 Å². The molecule has 0 aliphatic carbocycles. The van der Waals surface area contributed by atoms with Gasteiger partial charge in [0.2, 0.25) is 0 Å². The summed E-state index contributed by atoms with van der Waals surface area (Å²) in [5.41, 5.74) is 0. The van der Waals surface area contributed by atoms with Gasteiger partial charge in [0.25, 0.3) is 0 Å². The van der Waals surface area contributed by atoms with Gasteiger partial charge in [-0.25, -0.2) is 36.8 Å². The van der Waals surface area contributed by atoms with Gasteiger partial charge in [-0.15, -0.1) is 0 Å². The van der Waals surface area contributed by atoms with E-state index in [4.69, 9.17) is 36.8 Å². The summed E-state index contributed by atoms with van der Waals surface area (Å²) in [6.45, 7) is 24.5. The molecule has 0 fully saturated rings. The molecule has 0 aromatic carbocycles. The Bertz CT molecular complexity index is 112. The smallest absolute Gasteiger partial charge is 0.0462 e. The number of nitriles is 7. The van der Waals surface area contributed by atoms with E-state index in [1.165, 1.54) is 0 Å². The maximum absolute atomic E-state index is 6.50. The molecular weight excluding hydrogens is 233 g/mol. The Morgan fingerprint density at radius 2 is 0.267 bits per heavy atom. The molecule has 0 aliphatic heterocycles. The first kappa shape index (κ1) is 90.4. The summed E-state index contributed by atoms with van der Waals surface area (Å²) in [6, 6.07) is 0. The van der Waals surface area contributed by atoms with Crippen molar-refractivity contribution in [1.82, 2.24) is 0 Å². The summed E-state index contributed by atoms with van der Waals surface area (Å²) in [5, 5.41) is 45.5. The molecule has 0 atom stereocenters. The molecule has 0 spiro atoms. The Labute approximate surface area is 102 Å². The van der Waals surface area contributed by atoms with Crippen molar-refractivity contribution in [1.29, 1.82) is 36.8 Å². The van der Waals surface area contributed by atoms with Crippen molar-refractivity contribution < 1.29 is 18.6 Å². The number of nitrogens with zero attached hydrogens (tertiary/aromatic N) is 7. The van der Waals surface area contributed by atoms with Crippen molar-refractivity contribution in [2.45, 2.75) is 0 Å². The fourth-order valence-corrected chi connectivity index (χ4v) is 0. The van der Waals surface area contributed by atoms with Gasteiger partial charge >= 0.3 is 0 Å². The fourth-order valence-electron chi connectivity index (χ4n) is 0. The van der Waals surface area contributed by atoms with E-state index in [2.05, 4.69) is 46.0 Å². The molecule has 8 heteroatoms. The van der Waals surface area contributed by atoms with Crippen molar-refractivity contribution in [2.75, 3.05) is 0 Å². The second kappa shape index (κ2) is 124. The van der Waals surface area contributed by atoms with Gasteiger partial charge in [-0.3, -0.25) is 0 Å². The molecule has 0 rings (SSSR count). The molecule has 1 radical (unpaired) electrons. The van der Waals surface area contributed by atoms with Gasteiger partial charge in [-0.1, -0.05) is 0 Å². The van der Waals surface area contributed by atoms with Gasteiger partial charge in [0, 0.05) is 64.6 Å². The van der Waals surface area contributed by atoms with E-state index in [0.29, 0.717) is 0 Å². The van der Waals surface area contributed by atoms with Crippen LogP contribution in [-0.2, 0) is 18.6 Å². The average molecular weight is 240 g/mol. The summed E-state index contributed by atoms with van der Waals surface area (Å²) in [7, 11) is 0. The molecule has 0 saturated carbocycles. The Morgan fingerprint density at radius 1 is 0.267 bits per heavy atom. The molecular formula is C7H7N7V. The summed E-state index contributed by atoms with van der Waals surface area (Å²) in [5.74, 6) is 0. The Morgan fingerprint density at radius 3 is 0.267 bits per heavy atom. The first-order chi connectivity index (χ1) is 7.00. The third kappa shape index (κ3) is 100. The molecule has 0 N–H and O–H groups in total. The van der Waals surface area contributed by atoms with E-state index in [9.17, 15) is 0 Å². The minimum absolute atomic E-state index is 0. The molecule has 0 saturated heterocycles. The molecule has 0 bridgehead atoms. The summed E-state index contributed by atoms with van der Waals surface area (Å²) >= 11 is 0. The number of rotatable bonds is 0. The van der Waals surface area contributed by atoms with Crippen LogP contribution in [0.5, 0.6) is 0 Å². The van der Waals surface area contributed by atoms with Crippen LogP contribution in [0.15, 0.2) is 0 Å². The molecule has 0 aliphatic rings. The third-order valence-electron chi connectivity index (χ3n) is 0. The Balaban J connectivity index is -0.00000000628. The van der Waals surface area contributed by atoms with Crippen LogP contribution in [0.1, 0.15) is 0 Å². The molecule has 0 amide bonds. The zero-order chi connectivity index (χ0) is 14.0. The van der Waals surface area contributed by atoms with Gasteiger partial charge in [0.1, 0.15) is 0 Å². The van der Waals surface area contributed by atoms with E-state index in [0.717, 1.165) is 0 Å². The van der Waals surface area contributed by atoms with E-state index in [-0.39, 0.29) is 18.6 Å². The summed E-state index contributed by atoms with van der Waals surface area (Å²) in [4.78, 5) is 0. The minimum Gasteiger partial charge on any atom is -0.202 e. The molecule has 15 heavy (non-hydrogen) atoms. The van der Waals surface area contributed by atoms with Gasteiger partial charge < -0.3 is 0 Å². The van der Waals surface area contributed by atoms with Crippen LogP contribution in [-0.4, -0.2) is 0 Å². The van der Waals surface area contributed by atoms with Crippen LogP contribution in [0, 0.1) is 82.8 Å². The van der Waals surface area contributed by atoms with E-state index in [1.807, 2.05) is 0 Å². The standard InChI is InChI=1S/7CHN.V/c7*1-2;/h7*1H;. The summed E-state index contributed by atoms with van der Waals surface area (Å²) in [6.07, 6.45) is 0. The zero-order valence-corrected chi connectivity index (χ0v) is 9.02. The van der Waals surface area contributed by atoms with Gasteiger partial charge in [-0.2, -0.15) is 0 Å². The molecule has 0 heterocycles. The predicted octanol–water partition coefficient (Wildman–Crippen LogP) is 0.976. The van der Waals surface area contributed by atoms with Crippen LogP contribution in [0.2, 0.25) is 0 Å². The number of hydrogen-bond acceptors (Lipinski definition) is 7. The molecule has 75 valence electrons. The van der Waals surface area contributed by atoms with Crippen LogP contribution in [0.3, 0.4) is 0 Å². The first-order valence-electron chi connectivity index (χ1n) is 1.81. The zero-order valence-electron chi connectivity index (χ0n) is 7.62. The first-order valence-corrected chi connectivity index (χ1v) is 1.81. The van der Waals surface area contributed by atoms with E-state index >= 15 is 0 Å². The molecule has 0 aromatic rings. The van der Waals surface area contributed by atoms with Crippen LogP contribution in [0.25, 0.3) is 0 Å². The molecule has 7 nitrogen and oxygen atoms in total. The van der Waals surface area contributed by atoms with Gasteiger partial charge in [0.05, 0.1) is 0 Å². The molecule has 0 unspecified atom stereocenters. The Kier molecular flexibility index (Phi) is 747. The van der Waals surface area contributed by atoms with Crippen molar-refractivity contribution in [3.8, 4) is 46.0 Å².